The highest BCUT2D eigenvalue weighted by molar-refractivity contribution is 8.18. The molecule has 0 spiro atoms. The normalized spacial score (nSPS) is 14.5. The van der Waals surface area contributed by atoms with Gasteiger partial charge in [0.15, 0.2) is 0 Å². The van der Waals surface area contributed by atoms with E-state index in [1.54, 1.807) is 59.3 Å². The van der Waals surface area contributed by atoms with Gasteiger partial charge < -0.3 is 5.32 Å². The molecule has 2 heterocycles. The number of benzene rings is 2. The maximum absolute atomic E-state index is 12.8. The molecule has 0 radical (unpaired) electrons. The van der Waals surface area contributed by atoms with Crippen molar-refractivity contribution < 1.29 is 19.2 Å². The predicted octanol–water partition coefficient (Wildman–Crippen LogP) is 4.16. The molecule has 0 unspecified atom stereocenters. The summed E-state index contributed by atoms with van der Waals surface area (Å²) in [6, 6.07) is 19.5. The molecule has 2 aromatic carbocycles. The van der Waals surface area contributed by atoms with E-state index in [9.17, 15) is 19.2 Å². The second-order valence-corrected chi connectivity index (χ2v) is 8.64. The summed E-state index contributed by atoms with van der Waals surface area (Å²) in [7, 11) is 0. The second-order valence-electron chi connectivity index (χ2n) is 7.65. The molecule has 3 aromatic rings. The minimum atomic E-state index is -0.531. The van der Waals surface area contributed by atoms with Gasteiger partial charge in [-0.05, 0) is 67.6 Å². The zero-order valence-electron chi connectivity index (χ0n) is 18.6. The van der Waals surface area contributed by atoms with Gasteiger partial charge in [0.05, 0.1) is 4.91 Å². The number of rotatable bonds is 6. The number of aryl methyl sites for hydroxylation is 1. The maximum Gasteiger partial charge on any atom is 0.294 e. The third kappa shape index (κ3) is 4.94. The van der Waals surface area contributed by atoms with Crippen molar-refractivity contribution in [3.05, 3.63) is 94.1 Å². The number of hydrogen-bond donors (Lipinski definition) is 2. The highest BCUT2D eigenvalue weighted by atomic mass is 32.2. The topological polar surface area (TPSA) is 101 Å². The Balaban J connectivity index is 1.48. The summed E-state index contributed by atoms with van der Waals surface area (Å²) in [5, 5.41) is 2.16. The number of carbonyl (C=O) groups excluding carboxylic acids is 4. The van der Waals surface area contributed by atoms with Gasteiger partial charge >= 0.3 is 0 Å². The fourth-order valence-electron chi connectivity index (χ4n) is 3.50. The third-order valence-electron chi connectivity index (χ3n) is 5.24. The van der Waals surface area contributed by atoms with Crippen LogP contribution in [-0.2, 0) is 9.59 Å². The lowest BCUT2D eigenvalue weighted by Gasteiger charge is -2.12. The highest BCUT2D eigenvalue weighted by Crippen LogP contribution is 2.33. The van der Waals surface area contributed by atoms with E-state index >= 15 is 0 Å². The molecule has 4 rings (SSSR count). The van der Waals surface area contributed by atoms with Crippen LogP contribution < -0.4 is 10.7 Å². The van der Waals surface area contributed by atoms with Gasteiger partial charge in [-0.3, -0.25) is 34.2 Å². The van der Waals surface area contributed by atoms with Crippen molar-refractivity contribution in [3.63, 3.8) is 0 Å². The van der Waals surface area contributed by atoms with E-state index in [2.05, 4.69) is 10.7 Å². The van der Waals surface area contributed by atoms with Gasteiger partial charge in [-0.25, -0.2) is 0 Å². The summed E-state index contributed by atoms with van der Waals surface area (Å²) in [4.78, 5) is 51.3. The number of hydrogen-bond acceptors (Lipinski definition) is 5. The molecule has 2 N–H and O–H groups in total. The Bertz CT molecular complexity index is 1300. The van der Waals surface area contributed by atoms with E-state index < -0.39 is 17.1 Å². The van der Waals surface area contributed by atoms with Crippen molar-refractivity contribution in [1.82, 2.24) is 9.58 Å². The average molecular weight is 475 g/mol. The molecule has 0 atom stereocenters. The smallest absolute Gasteiger partial charge is 0.294 e. The van der Waals surface area contributed by atoms with Gasteiger partial charge in [-0.1, -0.05) is 36.4 Å². The number of imide groups is 1. The van der Waals surface area contributed by atoms with Gasteiger partial charge in [-0.15, -0.1) is 0 Å². The first-order valence-electron chi connectivity index (χ1n) is 10.5. The second kappa shape index (κ2) is 9.80. The van der Waals surface area contributed by atoms with Crippen LogP contribution in [0.4, 0.5) is 10.5 Å². The minimum absolute atomic E-state index is 0.215. The van der Waals surface area contributed by atoms with Crippen LogP contribution in [0.3, 0.4) is 0 Å². The summed E-state index contributed by atoms with van der Waals surface area (Å²) in [6.07, 6.45) is 1.60. The van der Waals surface area contributed by atoms with Crippen molar-refractivity contribution in [2.24, 2.45) is 0 Å². The first-order chi connectivity index (χ1) is 16.3. The fraction of sp³-hybridized carbons (Fsp3) is 0.120. The zero-order chi connectivity index (χ0) is 24.2. The largest absolute Gasteiger partial charge is 0.325 e. The van der Waals surface area contributed by atoms with Crippen LogP contribution in [-0.4, -0.2) is 39.1 Å². The Morgan fingerprint density at radius 3 is 2.29 bits per heavy atom. The molecule has 1 aliphatic rings. The van der Waals surface area contributed by atoms with E-state index in [1.165, 1.54) is 0 Å². The van der Waals surface area contributed by atoms with Gasteiger partial charge in [0.25, 0.3) is 17.1 Å². The molecule has 1 aromatic heterocycles. The van der Waals surface area contributed by atoms with Crippen molar-refractivity contribution in [2.45, 2.75) is 13.8 Å². The molecule has 4 amide bonds. The Labute approximate surface area is 200 Å². The SMILES string of the molecule is Cc1cc(/C=C2\SC(=O)N(CC(=O)Nc3ccccc3)C2=O)c(C)n1NC(=O)c1ccccc1. The van der Waals surface area contributed by atoms with Crippen LogP contribution in [0.2, 0.25) is 0 Å². The van der Waals surface area contributed by atoms with Gasteiger partial charge in [0.2, 0.25) is 5.91 Å². The predicted molar refractivity (Wildman–Crippen MR) is 132 cm³/mol. The molecule has 172 valence electrons. The lowest BCUT2D eigenvalue weighted by Crippen LogP contribution is -2.36. The van der Waals surface area contributed by atoms with Crippen molar-refractivity contribution in [3.8, 4) is 0 Å². The van der Waals surface area contributed by atoms with Gasteiger partial charge in [0, 0.05) is 22.6 Å². The Morgan fingerprint density at radius 2 is 1.62 bits per heavy atom. The molecule has 34 heavy (non-hydrogen) atoms. The highest BCUT2D eigenvalue weighted by Gasteiger charge is 2.36. The molecule has 8 nitrogen and oxygen atoms in total. The van der Waals surface area contributed by atoms with Crippen LogP contribution in [0.1, 0.15) is 27.3 Å². The molecule has 0 bridgehead atoms. The number of carbonyl (C=O) groups is 4. The number of nitrogens with one attached hydrogen (secondary N) is 2. The van der Waals surface area contributed by atoms with Gasteiger partial charge in [0.1, 0.15) is 6.54 Å². The summed E-state index contributed by atoms with van der Waals surface area (Å²) in [6.45, 7) is 3.26. The van der Waals surface area contributed by atoms with Crippen molar-refractivity contribution in [2.75, 3.05) is 17.3 Å². The quantitative estimate of drug-likeness (QED) is 0.523. The fourth-order valence-corrected chi connectivity index (χ4v) is 4.33. The lowest BCUT2D eigenvalue weighted by atomic mass is 10.2. The minimum Gasteiger partial charge on any atom is -0.325 e. The van der Waals surface area contributed by atoms with E-state index in [0.717, 1.165) is 22.4 Å². The molecule has 0 saturated carbocycles. The third-order valence-corrected chi connectivity index (χ3v) is 6.15. The molecule has 0 aliphatic carbocycles. The van der Waals surface area contributed by atoms with Crippen LogP contribution in [0.5, 0.6) is 0 Å². The first kappa shape index (κ1) is 23.1. The van der Waals surface area contributed by atoms with Crippen LogP contribution in [0.25, 0.3) is 6.08 Å². The van der Waals surface area contributed by atoms with E-state index in [4.69, 9.17) is 0 Å². The number of nitrogens with zero attached hydrogens (tertiary/aromatic N) is 2. The Kier molecular flexibility index (Phi) is 6.65. The van der Waals surface area contributed by atoms with Gasteiger partial charge in [-0.2, -0.15) is 0 Å². The van der Waals surface area contributed by atoms with Crippen LogP contribution >= 0.6 is 11.8 Å². The van der Waals surface area contributed by atoms with E-state index in [0.29, 0.717) is 22.5 Å². The monoisotopic (exact) mass is 474 g/mol. The zero-order valence-corrected chi connectivity index (χ0v) is 19.4. The summed E-state index contributed by atoms with van der Waals surface area (Å²) in [5.41, 5.74) is 6.10. The summed E-state index contributed by atoms with van der Waals surface area (Å²) >= 11 is 0.781. The molecule has 1 saturated heterocycles. The van der Waals surface area contributed by atoms with Crippen LogP contribution in [0, 0.1) is 13.8 Å². The standard InChI is InChI=1S/C25H22N4O4S/c1-16-13-19(17(2)29(16)27-23(31)18-9-5-3-6-10-18)14-21-24(32)28(25(33)34-21)15-22(30)26-20-11-7-4-8-12-20/h3-14H,15H2,1-2H3,(H,26,30)(H,27,31)/b21-14-. The number of amides is 4. The molecular weight excluding hydrogens is 452 g/mol. The Morgan fingerprint density at radius 1 is 0.971 bits per heavy atom. The molecular formula is C25H22N4O4S. The first-order valence-corrected chi connectivity index (χ1v) is 11.3. The Hall–Kier alpha value is -4.11. The number of aromatic nitrogens is 1. The molecule has 9 heteroatoms. The summed E-state index contributed by atoms with van der Waals surface area (Å²) < 4.78 is 1.64. The molecule has 1 fully saturated rings. The molecule has 1 aliphatic heterocycles. The van der Waals surface area contributed by atoms with E-state index in [-0.39, 0.29) is 17.4 Å². The van der Waals surface area contributed by atoms with Crippen LogP contribution in [0.15, 0.2) is 71.6 Å². The maximum atomic E-state index is 12.8. The van der Waals surface area contributed by atoms with Crippen molar-refractivity contribution >= 4 is 46.5 Å². The average Bonchev–Trinajstić information content (AvgIpc) is 3.24. The number of thioether (sulfide) groups is 1. The lowest BCUT2D eigenvalue weighted by molar-refractivity contribution is -0.127. The number of anilines is 1. The number of para-hydroxylation sites is 1. The van der Waals surface area contributed by atoms with Crippen molar-refractivity contribution in [1.29, 1.82) is 0 Å². The summed E-state index contributed by atoms with van der Waals surface area (Å²) in [5.74, 6) is -1.26. The van der Waals surface area contributed by atoms with E-state index in [1.807, 2.05) is 32.0 Å².